The highest BCUT2D eigenvalue weighted by atomic mass is 32.1. The summed E-state index contributed by atoms with van der Waals surface area (Å²) < 4.78 is 4.92. The molecule has 0 aliphatic rings. The molecule has 0 saturated heterocycles. The van der Waals surface area contributed by atoms with Crippen LogP contribution in [0.5, 0.6) is 0 Å². The molecule has 0 saturated carbocycles. The highest BCUT2D eigenvalue weighted by Crippen LogP contribution is 2.18. The fraction of sp³-hybridized carbons (Fsp3) is 0.167. The molecule has 1 N–H and O–H groups in total. The summed E-state index contributed by atoms with van der Waals surface area (Å²) in [6.07, 6.45) is 0. The molecule has 3 rings (SSSR count). The number of hydrazone groups is 1. The van der Waals surface area contributed by atoms with Gasteiger partial charge in [0, 0.05) is 5.38 Å². The number of carbonyl (C=O) groups excluding carboxylic acids is 1. The third-order valence-corrected chi connectivity index (χ3v) is 4.22. The minimum Gasteiger partial charge on any atom is -0.461 e. The molecule has 0 amide bonds. The molecule has 0 radical (unpaired) electrons. The van der Waals surface area contributed by atoms with Crippen LogP contribution in [0.4, 0.5) is 5.13 Å². The summed E-state index contributed by atoms with van der Waals surface area (Å²) in [5.74, 6) is -0.419. The van der Waals surface area contributed by atoms with E-state index in [1.807, 2.05) is 25.1 Å². The fourth-order valence-corrected chi connectivity index (χ4v) is 2.86. The molecule has 1 heterocycles. The second-order valence-electron chi connectivity index (χ2n) is 5.13. The van der Waals surface area contributed by atoms with Gasteiger partial charge in [-0.25, -0.2) is 9.78 Å². The van der Waals surface area contributed by atoms with Crippen molar-refractivity contribution in [2.24, 2.45) is 5.10 Å². The maximum atomic E-state index is 11.6. The standard InChI is InChI=1S/C18H17N3O2S/c1-3-23-17(22)16-11-24-18(19-16)21-20-12(2)14-9-8-13-6-4-5-7-15(13)10-14/h4-11H,3H2,1-2H3,(H,19,21)/b20-12+. The molecule has 5 nitrogen and oxygen atoms in total. The second kappa shape index (κ2) is 7.23. The molecular formula is C18H17N3O2S. The van der Waals surface area contributed by atoms with E-state index in [-0.39, 0.29) is 0 Å². The number of esters is 1. The highest BCUT2D eigenvalue weighted by Gasteiger charge is 2.11. The summed E-state index contributed by atoms with van der Waals surface area (Å²) in [5.41, 5.74) is 5.06. The Kier molecular flexibility index (Phi) is 4.86. The SMILES string of the molecule is CCOC(=O)c1csc(N/N=C(\C)c2ccc3ccccc3c2)n1. The first-order valence-corrected chi connectivity index (χ1v) is 8.47. The average Bonchev–Trinajstić information content (AvgIpc) is 3.08. The zero-order valence-corrected chi connectivity index (χ0v) is 14.3. The lowest BCUT2D eigenvalue weighted by atomic mass is 10.0. The molecule has 0 atom stereocenters. The van der Waals surface area contributed by atoms with Crippen LogP contribution >= 0.6 is 11.3 Å². The molecule has 122 valence electrons. The van der Waals surface area contributed by atoms with E-state index in [1.54, 1.807) is 12.3 Å². The van der Waals surface area contributed by atoms with Crippen LogP contribution in [-0.2, 0) is 4.74 Å². The van der Waals surface area contributed by atoms with Crippen LogP contribution in [-0.4, -0.2) is 23.3 Å². The Balaban J connectivity index is 1.74. The molecule has 0 bridgehead atoms. The summed E-state index contributed by atoms with van der Waals surface area (Å²) >= 11 is 1.31. The molecule has 6 heteroatoms. The minimum atomic E-state index is -0.419. The summed E-state index contributed by atoms with van der Waals surface area (Å²) in [6, 6.07) is 14.4. The van der Waals surface area contributed by atoms with Crippen molar-refractivity contribution in [1.29, 1.82) is 0 Å². The van der Waals surface area contributed by atoms with Crippen LogP contribution < -0.4 is 5.43 Å². The largest absolute Gasteiger partial charge is 0.461 e. The van der Waals surface area contributed by atoms with Crippen LogP contribution in [0.15, 0.2) is 52.9 Å². The quantitative estimate of drug-likeness (QED) is 0.427. The number of nitrogens with zero attached hydrogens (tertiary/aromatic N) is 2. The molecule has 2 aromatic carbocycles. The van der Waals surface area contributed by atoms with E-state index in [1.165, 1.54) is 22.1 Å². The third kappa shape index (κ3) is 3.60. The summed E-state index contributed by atoms with van der Waals surface area (Å²) in [5, 5.41) is 8.93. The molecule has 0 aliphatic heterocycles. The van der Waals surface area contributed by atoms with Gasteiger partial charge in [-0.05, 0) is 36.2 Å². The van der Waals surface area contributed by atoms with Gasteiger partial charge >= 0.3 is 5.97 Å². The number of anilines is 1. The van der Waals surface area contributed by atoms with Crippen molar-refractivity contribution < 1.29 is 9.53 Å². The Morgan fingerprint density at radius 3 is 2.83 bits per heavy atom. The van der Waals surface area contributed by atoms with Crippen molar-refractivity contribution in [2.75, 3.05) is 12.0 Å². The van der Waals surface area contributed by atoms with Crippen LogP contribution in [0.3, 0.4) is 0 Å². The minimum absolute atomic E-state index is 0.294. The topological polar surface area (TPSA) is 63.6 Å². The normalized spacial score (nSPS) is 11.5. The lowest BCUT2D eigenvalue weighted by Gasteiger charge is -2.04. The van der Waals surface area contributed by atoms with E-state index >= 15 is 0 Å². The van der Waals surface area contributed by atoms with Gasteiger partial charge in [0.15, 0.2) is 5.69 Å². The first kappa shape index (κ1) is 16.1. The molecule has 0 unspecified atom stereocenters. The monoisotopic (exact) mass is 339 g/mol. The average molecular weight is 339 g/mol. The Hall–Kier alpha value is -2.73. The first-order valence-electron chi connectivity index (χ1n) is 7.59. The number of fused-ring (bicyclic) bond motifs is 1. The number of hydrogen-bond acceptors (Lipinski definition) is 6. The van der Waals surface area contributed by atoms with Crippen molar-refractivity contribution >= 4 is 38.9 Å². The molecule has 0 aliphatic carbocycles. The number of ether oxygens (including phenoxy) is 1. The highest BCUT2D eigenvalue weighted by molar-refractivity contribution is 7.13. The first-order chi connectivity index (χ1) is 11.7. The zero-order valence-electron chi connectivity index (χ0n) is 13.4. The van der Waals surface area contributed by atoms with E-state index in [0.29, 0.717) is 17.4 Å². The molecule has 3 aromatic rings. The van der Waals surface area contributed by atoms with E-state index in [0.717, 1.165) is 11.3 Å². The number of nitrogens with one attached hydrogen (secondary N) is 1. The Morgan fingerprint density at radius 2 is 2.04 bits per heavy atom. The van der Waals surface area contributed by atoms with Gasteiger partial charge in [-0.15, -0.1) is 11.3 Å². The second-order valence-corrected chi connectivity index (χ2v) is 5.99. The molecular weight excluding hydrogens is 322 g/mol. The van der Waals surface area contributed by atoms with Gasteiger partial charge in [-0.1, -0.05) is 36.4 Å². The van der Waals surface area contributed by atoms with Crippen LogP contribution in [0.2, 0.25) is 0 Å². The van der Waals surface area contributed by atoms with Crippen molar-refractivity contribution in [2.45, 2.75) is 13.8 Å². The number of benzene rings is 2. The van der Waals surface area contributed by atoms with E-state index < -0.39 is 5.97 Å². The van der Waals surface area contributed by atoms with Crippen LogP contribution in [0.1, 0.15) is 29.9 Å². The number of aromatic nitrogens is 1. The van der Waals surface area contributed by atoms with Crippen molar-refractivity contribution in [3.63, 3.8) is 0 Å². The maximum Gasteiger partial charge on any atom is 0.357 e. The van der Waals surface area contributed by atoms with Gasteiger partial charge in [0.1, 0.15) is 0 Å². The lowest BCUT2D eigenvalue weighted by molar-refractivity contribution is 0.0520. The Morgan fingerprint density at radius 1 is 1.25 bits per heavy atom. The number of rotatable bonds is 5. The number of thiazole rings is 1. The smallest absolute Gasteiger partial charge is 0.357 e. The van der Waals surface area contributed by atoms with Crippen LogP contribution in [0, 0.1) is 0 Å². The van der Waals surface area contributed by atoms with Gasteiger partial charge in [0.25, 0.3) is 0 Å². The van der Waals surface area contributed by atoms with Crippen LogP contribution in [0.25, 0.3) is 10.8 Å². The van der Waals surface area contributed by atoms with E-state index in [2.05, 4.69) is 39.8 Å². The van der Waals surface area contributed by atoms with Gasteiger partial charge in [-0.2, -0.15) is 5.10 Å². The third-order valence-electron chi connectivity index (χ3n) is 3.48. The molecule has 0 fully saturated rings. The van der Waals surface area contributed by atoms with Gasteiger partial charge in [0.05, 0.1) is 12.3 Å². The van der Waals surface area contributed by atoms with E-state index in [4.69, 9.17) is 4.74 Å². The predicted octanol–water partition coefficient (Wildman–Crippen LogP) is 4.31. The van der Waals surface area contributed by atoms with Crippen molar-refractivity contribution in [3.8, 4) is 0 Å². The van der Waals surface area contributed by atoms with Gasteiger partial charge < -0.3 is 4.74 Å². The predicted molar refractivity (Wildman–Crippen MR) is 97.9 cm³/mol. The molecule has 1 aromatic heterocycles. The maximum absolute atomic E-state index is 11.6. The summed E-state index contributed by atoms with van der Waals surface area (Å²) in [6.45, 7) is 4.02. The Labute approximate surface area is 144 Å². The number of carbonyl (C=O) groups is 1. The molecule has 24 heavy (non-hydrogen) atoms. The lowest BCUT2D eigenvalue weighted by Crippen LogP contribution is -2.05. The Bertz CT molecular complexity index is 902. The van der Waals surface area contributed by atoms with Crippen molar-refractivity contribution in [1.82, 2.24) is 4.98 Å². The zero-order chi connectivity index (χ0) is 16.9. The van der Waals surface area contributed by atoms with E-state index in [9.17, 15) is 4.79 Å². The number of hydrogen-bond donors (Lipinski definition) is 1. The van der Waals surface area contributed by atoms with Crippen molar-refractivity contribution in [3.05, 3.63) is 59.1 Å². The fourth-order valence-electron chi connectivity index (χ4n) is 2.23. The van der Waals surface area contributed by atoms with Gasteiger partial charge in [0.2, 0.25) is 5.13 Å². The van der Waals surface area contributed by atoms with Gasteiger partial charge in [-0.3, -0.25) is 5.43 Å². The summed E-state index contributed by atoms with van der Waals surface area (Å²) in [4.78, 5) is 15.8. The molecule has 0 spiro atoms. The summed E-state index contributed by atoms with van der Waals surface area (Å²) in [7, 11) is 0.